The number of halogens is 1. The fraction of sp³-hybridized carbons (Fsp3) is 0.294. The number of phenolic OH excluding ortho intramolecular Hbond substituents is 1. The Balaban J connectivity index is 0.00000242. The molecule has 0 saturated carbocycles. The van der Waals surface area contributed by atoms with E-state index in [0.717, 1.165) is 35.5 Å². The van der Waals surface area contributed by atoms with Gasteiger partial charge in [-0.3, -0.25) is 0 Å². The number of benzene rings is 2. The summed E-state index contributed by atoms with van der Waals surface area (Å²) >= 11 is 0. The van der Waals surface area contributed by atoms with Crippen molar-refractivity contribution in [3.05, 3.63) is 53.6 Å². The van der Waals surface area contributed by atoms with Gasteiger partial charge in [-0.1, -0.05) is 18.2 Å². The van der Waals surface area contributed by atoms with Crippen LogP contribution in [-0.4, -0.2) is 25.4 Å². The van der Waals surface area contributed by atoms with Gasteiger partial charge in [-0.15, -0.1) is 12.4 Å². The molecule has 2 rings (SSSR count). The highest BCUT2D eigenvalue weighted by molar-refractivity contribution is 5.85. The van der Waals surface area contributed by atoms with Gasteiger partial charge < -0.3 is 20.3 Å². The summed E-state index contributed by atoms with van der Waals surface area (Å²) in [5.41, 5.74) is 7.72. The maximum atomic E-state index is 9.42. The van der Waals surface area contributed by atoms with E-state index < -0.39 is 0 Å². The van der Waals surface area contributed by atoms with Gasteiger partial charge >= 0.3 is 0 Å². The molecule has 0 fully saturated rings. The summed E-state index contributed by atoms with van der Waals surface area (Å²) in [6, 6.07) is 13.0. The van der Waals surface area contributed by atoms with Gasteiger partial charge in [0.15, 0.2) is 11.5 Å². The van der Waals surface area contributed by atoms with Crippen LogP contribution in [0.1, 0.15) is 11.1 Å². The Hall–Kier alpha value is -1.91. The first-order valence-corrected chi connectivity index (χ1v) is 7.00. The van der Waals surface area contributed by atoms with Crippen LogP contribution >= 0.6 is 12.4 Å². The van der Waals surface area contributed by atoms with Gasteiger partial charge in [-0.05, 0) is 48.4 Å². The standard InChI is InChI=1S/C17H21NO3.ClH/c1-20-17-12-14(7-9-18)5-6-16(17)21-10-8-13-3-2-4-15(19)11-13;/h2-6,11-12,19H,7-10,18H2,1H3;1H. The van der Waals surface area contributed by atoms with E-state index in [1.54, 1.807) is 19.2 Å². The van der Waals surface area contributed by atoms with E-state index in [1.165, 1.54) is 0 Å². The second-order valence-electron chi connectivity index (χ2n) is 4.79. The Bertz CT molecular complexity index is 590. The lowest BCUT2D eigenvalue weighted by Crippen LogP contribution is -2.05. The van der Waals surface area contributed by atoms with Crippen molar-refractivity contribution < 1.29 is 14.6 Å². The van der Waals surface area contributed by atoms with E-state index in [2.05, 4.69) is 0 Å². The van der Waals surface area contributed by atoms with Crippen molar-refractivity contribution in [3.63, 3.8) is 0 Å². The van der Waals surface area contributed by atoms with Crippen molar-refractivity contribution in [2.45, 2.75) is 12.8 Å². The Labute approximate surface area is 137 Å². The van der Waals surface area contributed by atoms with Crippen LogP contribution in [0.25, 0.3) is 0 Å². The molecule has 5 heteroatoms. The van der Waals surface area contributed by atoms with Gasteiger partial charge in [0.1, 0.15) is 5.75 Å². The molecular formula is C17H22ClNO3. The van der Waals surface area contributed by atoms with Gasteiger partial charge in [-0.25, -0.2) is 0 Å². The molecule has 0 aliphatic carbocycles. The van der Waals surface area contributed by atoms with E-state index in [1.807, 2.05) is 30.3 Å². The van der Waals surface area contributed by atoms with Crippen molar-refractivity contribution in [1.29, 1.82) is 0 Å². The van der Waals surface area contributed by atoms with E-state index in [4.69, 9.17) is 15.2 Å². The molecule has 22 heavy (non-hydrogen) atoms. The van der Waals surface area contributed by atoms with E-state index in [0.29, 0.717) is 13.2 Å². The number of phenols is 1. The first-order valence-electron chi connectivity index (χ1n) is 7.00. The van der Waals surface area contributed by atoms with Gasteiger partial charge in [0, 0.05) is 6.42 Å². The molecule has 120 valence electrons. The molecule has 0 aromatic heterocycles. The van der Waals surface area contributed by atoms with Gasteiger partial charge in [0.05, 0.1) is 13.7 Å². The molecule has 0 heterocycles. The van der Waals surface area contributed by atoms with E-state index in [9.17, 15) is 5.11 Å². The molecular weight excluding hydrogens is 302 g/mol. The quantitative estimate of drug-likeness (QED) is 0.822. The summed E-state index contributed by atoms with van der Waals surface area (Å²) in [4.78, 5) is 0. The molecule has 0 spiro atoms. The molecule has 0 saturated heterocycles. The molecule has 0 aliphatic rings. The average Bonchev–Trinajstić information content (AvgIpc) is 2.49. The van der Waals surface area contributed by atoms with E-state index in [-0.39, 0.29) is 18.2 Å². The Morgan fingerprint density at radius 3 is 2.45 bits per heavy atom. The van der Waals surface area contributed by atoms with Crippen molar-refractivity contribution in [2.75, 3.05) is 20.3 Å². The van der Waals surface area contributed by atoms with Crippen LogP contribution in [0.2, 0.25) is 0 Å². The molecule has 0 amide bonds. The fourth-order valence-electron chi connectivity index (χ4n) is 2.14. The van der Waals surface area contributed by atoms with Crippen LogP contribution in [0.5, 0.6) is 17.2 Å². The number of rotatable bonds is 7. The second-order valence-corrected chi connectivity index (χ2v) is 4.79. The molecule has 2 aromatic rings. The summed E-state index contributed by atoms with van der Waals surface area (Å²) in [7, 11) is 1.63. The highest BCUT2D eigenvalue weighted by atomic mass is 35.5. The van der Waals surface area contributed by atoms with Gasteiger partial charge in [-0.2, -0.15) is 0 Å². The molecule has 0 bridgehead atoms. The van der Waals surface area contributed by atoms with Crippen molar-refractivity contribution in [2.24, 2.45) is 5.73 Å². The van der Waals surface area contributed by atoms with Crippen molar-refractivity contribution in [1.82, 2.24) is 0 Å². The minimum absolute atomic E-state index is 0. The first kappa shape index (κ1) is 18.1. The van der Waals surface area contributed by atoms with Gasteiger partial charge in [0.25, 0.3) is 0 Å². The van der Waals surface area contributed by atoms with Gasteiger partial charge in [0.2, 0.25) is 0 Å². The average molecular weight is 324 g/mol. The highest BCUT2D eigenvalue weighted by Gasteiger charge is 2.06. The van der Waals surface area contributed by atoms with Crippen molar-refractivity contribution >= 4 is 12.4 Å². The number of nitrogens with two attached hydrogens (primary N) is 1. The predicted octanol–water partition coefficient (Wildman–Crippen LogP) is 2.95. The second kappa shape index (κ2) is 9.18. The zero-order valence-corrected chi connectivity index (χ0v) is 13.4. The lowest BCUT2D eigenvalue weighted by Gasteiger charge is -2.12. The number of methoxy groups -OCH3 is 1. The van der Waals surface area contributed by atoms with Crippen LogP contribution in [0.4, 0.5) is 0 Å². The minimum atomic E-state index is 0. The topological polar surface area (TPSA) is 64.7 Å². The summed E-state index contributed by atoms with van der Waals surface area (Å²) in [6.45, 7) is 1.14. The maximum Gasteiger partial charge on any atom is 0.161 e. The number of hydrogen-bond donors (Lipinski definition) is 2. The lowest BCUT2D eigenvalue weighted by atomic mass is 10.1. The zero-order chi connectivity index (χ0) is 15.1. The third-order valence-electron chi connectivity index (χ3n) is 3.22. The minimum Gasteiger partial charge on any atom is -0.508 e. The number of aromatic hydroxyl groups is 1. The fourth-order valence-corrected chi connectivity index (χ4v) is 2.14. The lowest BCUT2D eigenvalue weighted by molar-refractivity contribution is 0.297. The maximum absolute atomic E-state index is 9.42. The smallest absolute Gasteiger partial charge is 0.161 e. The normalized spacial score (nSPS) is 9.91. The largest absolute Gasteiger partial charge is 0.508 e. The molecule has 0 radical (unpaired) electrons. The van der Waals surface area contributed by atoms with Crippen molar-refractivity contribution in [3.8, 4) is 17.2 Å². The molecule has 0 aliphatic heterocycles. The van der Waals surface area contributed by atoms with Crippen LogP contribution in [0, 0.1) is 0 Å². The van der Waals surface area contributed by atoms with Crippen LogP contribution in [-0.2, 0) is 12.8 Å². The predicted molar refractivity (Wildman–Crippen MR) is 90.3 cm³/mol. The van der Waals surface area contributed by atoms with Crippen LogP contribution in [0.3, 0.4) is 0 Å². The van der Waals surface area contributed by atoms with Crippen LogP contribution in [0.15, 0.2) is 42.5 Å². The Kier molecular flexibility index (Phi) is 7.57. The zero-order valence-electron chi connectivity index (χ0n) is 12.6. The Morgan fingerprint density at radius 2 is 1.77 bits per heavy atom. The number of ether oxygens (including phenoxy) is 2. The number of hydrogen-bond acceptors (Lipinski definition) is 4. The molecule has 0 unspecified atom stereocenters. The first-order chi connectivity index (χ1) is 10.2. The summed E-state index contributed by atoms with van der Waals surface area (Å²) in [5.74, 6) is 1.71. The third-order valence-corrected chi connectivity index (χ3v) is 3.22. The Morgan fingerprint density at radius 1 is 1.00 bits per heavy atom. The highest BCUT2D eigenvalue weighted by Crippen LogP contribution is 2.28. The molecule has 3 N–H and O–H groups in total. The third kappa shape index (κ3) is 5.13. The molecule has 2 aromatic carbocycles. The molecule has 4 nitrogen and oxygen atoms in total. The summed E-state index contributed by atoms with van der Waals surface area (Å²) in [5, 5.41) is 9.42. The SMILES string of the molecule is COc1cc(CCN)ccc1OCCc1cccc(O)c1.Cl. The van der Waals surface area contributed by atoms with E-state index >= 15 is 0 Å². The monoisotopic (exact) mass is 323 g/mol. The van der Waals surface area contributed by atoms with Crippen LogP contribution < -0.4 is 15.2 Å². The molecule has 0 atom stereocenters. The summed E-state index contributed by atoms with van der Waals surface area (Å²) < 4.78 is 11.1. The summed E-state index contributed by atoms with van der Waals surface area (Å²) in [6.07, 6.45) is 1.54.